The molecule has 160 valence electrons. The van der Waals surface area contributed by atoms with Gasteiger partial charge in [-0.2, -0.15) is 5.26 Å². The Morgan fingerprint density at radius 2 is 1.71 bits per heavy atom. The summed E-state index contributed by atoms with van der Waals surface area (Å²) in [6.45, 7) is 12.4. The van der Waals surface area contributed by atoms with Crippen LogP contribution >= 0.6 is 0 Å². The molecular formula is C25H28N4O2. The maximum absolute atomic E-state index is 11.1. The van der Waals surface area contributed by atoms with E-state index in [1.54, 1.807) is 6.20 Å². The van der Waals surface area contributed by atoms with E-state index in [0.29, 0.717) is 22.7 Å². The molecule has 3 heterocycles. The summed E-state index contributed by atoms with van der Waals surface area (Å²) in [4.78, 5) is 4.41. The zero-order chi connectivity index (χ0) is 22.7. The summed E-state index contributed by atoms with van der Waals surface area (Å²) in [6.07, 6.45) is 5.44. The number of ether oxygens (including phenoxy) is 1. The molecule has 6 nitrogen and oxygen atoms in total. The Balaban J connectivity index is 2.06. The smallest absolute Gasteiger partial charge is 0.205 e. The van der Waals surface area contributed by atoms with Gasteiger partial charge in [0, 0.05) is 24.2 Å². The summed E-state index contributed by atoms with van der Waals surface area (Å²) in [5, 5.41) is 21.1. The summed E-state index contributed by atoms with van der Waals surface area (Å²) in [5.74, 6) is 0.518. The number of phenolic OH excluding ortho intramolecular Hbond substituents is 1. The number of aromatic hydroxyl groups is 1. The number of nitriles is 1. The molecule has 3 N–H and O–H groups in total. The average molecular weight is 417 g/mol. The predicted octanol–water partition coefficient (Wildman–Crippen LogP) is 4.85. The molecule has 0 radical (unpaired) electrons. The number of phenols is 1. The summed E-state index contributed by atoms with van der Waals surface area (Å²) >= 11 is 0. The van der Waals surface area contributed by atoms with E-state index < -0.39 is 5.92 Å². The lowest BCUT2D eigenvalue weighted by Crippen LogP contribution is -2.23. The highest BCUT2D eigenvalue weighted by atomic mass is 16.5. The second-order valence-corrected chi connectivity index (χ2v) is 10.1. The molecule has 1 aliphatic heterocycles. The second kappa shape index (κ2) is 6.78. The van der Waals surface area contributed by atoms with Crippen LogP contribution in [0.4, 0.5) is 0 Å². The molecule has 0 spiro atoms. The minimum absolute atomic E-state index is 0.0822. The zero-order valence-corrected chi connectivity index (χ0v) is 18.8. The molecule has 0 fully saturated rings. The molecule has 31 heavy (non-hydrogen) atoms. The van der Waals surface area contributed by atoms with Crippen LogP contribution in [0.1, 0.15) is 69.7 Å². The molecular weight excluding hydrogens is 388 g/mol. The van der Waals surface area contributed by atoms with E-state index in [2.05, 4.69) is 52.6 Å². The van der Waals surface area contributed by atoms with Crippen molar-refractivity contribution in [2.24, 2.45) is 5.73 Å². The predicted molar refractivity (Wildman–Crippen MR) is 120 cm³/mol. The molecule has 6 heteroatoms. The number of benzene rings is 1. The van der Waals surface area contributed by atoms with E-state index in [-0.39, 0.29) is 16.7 Å². The van der Waals surface area contributed by atoms with Crippen LogP contribution in [0.3, 0.4) is 0 Å². The normalized spacial score (nSPS) is 16.7. The SMILES string of the molecule is CC(C)(C)c1cc(C2C(C#N)=C(N)Oc3c2ccn2ccnc32)cc(C(C)(C)C)c1O. The van der Waals surface area contributed by atoms with Gasteiger partial charge in [0.1, 0.15) is 17.4 Å². The van der Waals surface area contributed by atoms with Gasteiger partial charge in [-0.25, -0.2) is 4.98 Å². The van der Waals surface area contributed by atoms with Crippen molar-refractivity contribution in [3.8, 4) is 17.6 Å². The Labute approximate surface area is 182 Å². The fourth-order valence-corrected chi connectivity index (χ4v) is 4.20. The van der Waals surface area contributed by atoms with Gasteiger partial charge in [0.15, 0.2) is 11.4 Å². The second-order valence-electron chi connectivity index (χ2n) is 10.1. The first-order valence-corrected chi connectivity index (χ1v) is 10.3. The molecule has 1 aromatic carbocycles. The standard InChI is InChI=1S/C25H28N4O2/c1-24(2,3)17-11-14(12-18(20(17)30)25(4,5)6)19-15-7-9-29-10-8-28-23(29)21(15)31-22(27)16(19)13-26/h7-12,19,30H,27H2,1-6H3. The Morgan fingerprint density at radius 3 is 2.26 bits per heavy atom. The Morgan fingerprint density at radius 1 is 1.10 bits per heavy atom. The number of pyridine rings is 1. The summed E-state index contributed by atoms with van der Waals surface area (Å²) < 4.78 is 7.74. The highest BCUT2D eigenvalue weighted by Gasteiger charge is 2.35. The third-order valence-electron chi connectivity index (χ3n) is 5.83. The van der Waals surface area contributed by atoms with Gasteiger partial charge in [-0.1, -0.05) is 53.7 Å². The quantitative estimate of drug-likeness (QED) is 0.591. The first-order chi connectivity index (χ1) is 14.4. The Kier molecular flexibility index (Phi) is 4.55. The lowest BCUT2D eigenvalue weighted by atomic mass is 9.75. The van der Waals surface area contributed by atoms with Gasteiger partial charge in [-0.3, -0.25) is 0 Å². The molecule has 1 atom stereocenters. The average Bonchev–Trinajstić information content (AvgIpc) is 3.14. The zero-order valence-electron chi connectivity index (χ0n) is 18.8. The molecule has 0 amide bonds. The van der Waals surface area contributed by atoms with Gasteiger partial charge < -0.3 is 20.0 Å². The van der Waals surface area contributed by atoms with E-state index in [1.807, 2.05) is 35.0 Å². The topological polar surface area (TPSA) is 96.6 Å². The monoisotopic (exact) mass is 416 g/mol. The highest BCUT2D eigenvalue weighted by molar-refractivity contribution is 5.67. The number of hydrogen-bond donors (Lipinski definition) is 2. The molecule has 2 aromatic heterocycles. The van der Waals surface area contributed by atoms with Gasteiger partial charge in [0.25, 0.3) is 0 Å². The van der Waals surface area contributed by atoms with Gasteiger partial charge in [-0.05, 0) is 33.6 Å². The van der Waals surface area contributed by atoms with Gasteiger partial charge in [0.05, 0.1) is 5.92 Å². The number of rotatable bonds is 1. The van der Waals surface area contributed by atoms with E-state index in [0.717, 1.165) is 22.3 Å². The van der Waals surface area contributed by atoms with Gasteiger partial charge >= 0.3 is 0 Å². The molecule has 0 saturated heterocycles. The molecule has 0 saturated carbocycles. The van der Waals surface area contributed by atoms with Crippen molar-refractivity contribution in [2.75, 3.05) is 0 Å². The van der Waals surface area contributed by atoms with E-state index in [9.17, 15) is 10.4 Å². The largest absolute Gasteiger partial charge is 0.507 e. The maximum Gasteiger partial charge on any atom is 0.205 e. The number of aromatic nitrogens is 2. The first-order valence-electron chi connectivity index (χ1n) is 10.3. The third-order valence-corrected chi connectivity index (χ3v) is 5.83. The van der Waals surface area contributed by atoms with Crippen molar-refractivity contribution < 1.29 is 9.84 Å². The summed E-state index contributed by atoms with van der Waals surface area (Å²) in [6, 6.07) is 8.18. The van der Waals surface area contributed by atoms with Crippen LogP contribution in [0.2, 0.25) is 0 Å². The summed E-state index contributed by atoms with van der Waals surface area (Å²) in [5.41, 5.74) is 10.0. The Bertz CT molecular complexity index is 1230. The van der Waals surface area contributed by atoms with Crippen LogP contribution in [0.25, 0.3) is 5.65 Å². The van der Waals surface area contributed by atoms with E-state index in [4.69, 9.17) is 10.5 Å². The number of fused-ring (bicyclic) bond motifs is 3. The first kappa shape index (κ1) is 20.8. The van der Waals surface area contributed by atoms with Crippen LogP contribution in [0.15, 0.2) is 48.2 Å². The van der Waals surface area contributed by atoms with Crippen LogP contribution < -0.4 is 10.5 Å². The maximum atomic E-state index is 11.1. The molecule has 1 unspecified atom stereocenters. The number of nitrogens with two attached hydrogens (primary N) is 1. The number of allylic oxidation sites excluding steroid dienone is 1. The molecule has 1 aliphatic rings. The van der Waals surface area contributed by atoms with Crippen LogP contribution in [-0.4, -0.2) is 14.5 Å². The van der Waals surface area contributed by atoms with Gasteiger partial charge in [0.2, 0.25) is 5.88 Å². The van der Waals surface area contributed by atoms with E-state index in [1.165, 1.54) is 0 Å². The van der Waals surface area contributed by atoms with Gasteiger partial charge in [-0.15, -0.1) is 0 Å². The molecule has 0 bridgehead atoms. The van der Waals surface area contributed by atoms with Crippen molar-refractivity contribution in [1.29, 1.82) is 5.26 Å². The van der Waals surface area contributed by atoms with Crippen LogP contribution in [-0.2, 0) is 10.8 Å². The van der Waals surface area contributed by atoms with Crippen molar-refractivity contribution in [2.45, 2.75) is 58.3 Å². The molecule has 3 aromatic rings. The minimum atomic E-state index is -0.418. The van der Waals surface area contributed by atoms with E-state index >= 15 is 0 Å². The fraction of sp³-hybridized carbons (Fsp3) is 0.360. The molecule has 0 aliphatic carbocycles. The van der Waals surface area contributed by atoms with Crippen LogP contribution in [0.5, 0.6) is 11.5 Å². The fourth-order valence-electron chi connectivity index (χ4n) is 4.20. The van der Waals surface area contributed by atoms with Crippen molar-refractivity contribution in [3.63, 3.8) is 0 Å². The Hall–Kier alpha value is -3.46. The number of nitrogens with zero attached hydrogens (tertiary/aromatic N) is 3. The number of hydrogen-bond acceptors (Lipinski definition) is 5. The number of imidazole rings is 1. The minimum Gasteiger partial charge on any atom is -0.507 e. The molecule has 4 rings (SSSR count). The van der Waals surface area contributed by atoms with Crippen molar-refractivity contribution >= 4 is 5.65 Å². The van der Waals surface area contributed by atoms with Crippen molar-refractivity contribution in [1.82, 2.24) is 9.38 Å². The summed E-state index contributed by atoms with van der Waals surface area (Å²) in [7, 11) is 0. The highest BCUT2D eigenvalue weighted by Crippen LogP contribution is 2.47. The van der Waals surface area contributed by atoms with Crippen LogP contribution in [0, 0.1) is 11.3 Å². The van der Waals surface area contributed by atoms with Crippen molar-refractivity contribution in [3.05, 3.63) is 70.5 Å². The third kappa shape index (κ3) is 3.31. The lowest BCUT2D eigenvalue weighted by molar-refractivity contribution is 0.395. The lowest BCUT2D eigenvalue weighted by Gasteiger charge is -2.31.